The monoisotopic (exact) mass is 215 g/mol. The van der Waals surface area contributed by atoms with Crippen molar-refractivity contribution in [3.63, 3.8) is 0 Å². The molecule has 15 heavy (non-hydrogen) atoms. The van der Waals surface area contributed by atoms with Crippen LogP contribution in [0.4, 0.5) is 4.79 Å². The highest BCUT2D eigenvalue weighted by Gasteiger charge is 2.21. The van der Waals surface area contributed by atoms with Gasteiger partial charge in [0, 0.05) is 6.04 Å². The summed E-state index contributed by atoms with van der Waals surface area (Å²) in [4.78, 5) is 11.2. The lowest BCUT2D eigenvalue weighted by Gasteiger charge is -2.28. The third kappa shape index (κ3) is 4.51. The van der Waals surface area contributed by atoms with E-state index in [0.717, 1.165) is 18.8 Å². The van der Waals surface area contributed by atoms with Gasteiger partial charge in [0.15, 0.2) is 0 Å². The molecular weight excluding hydrogens is 194 g/mol. The van der Waals surface area contributed by atoms with Crippen LogP contribution in [0, 0.1) is 5.92 Å². The van der Waals surface area contributed by atoms with Crippen LogP contribution < -0.4 is 5.32 Å². The second kappa shape index (κ2) is 6.67. The number of aliphatic hydroxyl groups is 1. The summed E-state index contributed by atoms with van der Waals surface area (Å²) in [5.74, 6) is 0.830. The number of hydrogen-bond donors (Lipinski definition) is 2. The number of alkyl carbamates (subject to hydrolysis) is 1. The fraction of sp³-hybridized carbons (Fsp3) is 0.909. The van der Waals surface area contributed by atoms with Crippen molar-refractivity contribution in [1.82, 2.24) is 5.32 Å². The lowest BCUT2D eigenvalue weighted by molar-refractivity contribution is 0.113. The average molecular weight is 215 g/mol. The van der Waals surface area contributed by atoms with Gasteiger partial charge in [-0.2, -0.15) is 0 Å². The first kappa shape index (κ1) is 12.3. The van der Waals surface area contributed by atoms with E-state index in [-0.39, 0.29) is 19.3 Å². The normalized spacial score (nSPS) is 26.0. The van der Waals surface area contributed by atoms with Crippen LogP contribution in [0.5, 0.6) is 0 Å². The molecule has 0 aliphatic heterocycles. The van der Waals surface area contributed by atoms with Gasteiger partial charge in [-0.15, -0.1) is 0 Å². The van der Waals surface area contributed by atoms with Gasteiger partial charge in [0.25, 0.3) is 0 Å². The lowest BCUT2D eigenvalue weighted by Crippen LogP contribution is -2.38. The molecule has 0 radical (unpaired) electrons. The molecule has 0 atom stereocenters. The fourth-order valence-electron chi connectivity index (χ4n) is 2.06. The minimum atomic E-state index is -0.399. The summed E-state index contributed by atoms with van der Waals surface area (Å²) in [6.45, 7) is 2.18. The van der Waals surface area contributed by atoms with Gasteiger partial charge in [-0.1, -0.05) is 13.3 Å². The number of hydrogen-bond acceptors (Lipinski definition) is 3. The highest BCUT2D eigenvalue weighted by molar-refractivity contribution is 5.67. The minimum Gasteiger partial charge on any atom is -0.447 e. The van der Waals surface area contributed by atoms with Crippen LogP contribution in [-0.2, 0) is 4.74 Å². The number of aliphatic hydroxyl groups excluding tert-OH is 1. The van der Waals surface area contributed by atoms with Gasteiger partial charge in [-0.05, 0) is 31.6 Å². The fourth-order valence-corrected chi connectivity index (χ4v) is 2.06. The predicted octanol–water partition coefficient (Wildman–Crippen LogP) is 1.67. The Labute approximate surface area is 91.0 Å². The minimum absolute atomic E-state index is 0.0795. The van der Waals surface area contributed by atoms with Crippen molar-refractivity contribution >= 4 is 6.09 Å². The summed E-state index contributed by atoms with van der Waals surface area (Å²) >= 11 is 0. The van der Waals surface area contributed by atoms with E-state index in [0.29, 0.717) is 0 Å². The summed E-state index contributed by atoms with van der Waals surface area (Å²) < 4.78 is 4.75. The molecule has 1 aliphatic rings. The zero-order valence-corrected chi connectivity index (χ0v) is 9.37. The summed E-state index contributed by atoms with van der Waals surface area (Å²) in [5, 5.41) is 11.3. The molecule has 0 aromatic heterocycles. The second-order valence-electron chi connectivity index (χ2n) is 4.13. The topological polar surface area (TPSA) is 58.6 Å². The molecule has 0 unspecified atom stereocenters. The Morgan fingerprint density at radius 2 is 2.07 bits per heavy atom. The van der Waals surface area contributed by atoms with E-state index in [1.807, 2.05) is 0 Å². The van der Waals surface area contributed by atoms with Crippen molar-refractivity contribution in [2.75, 3.05) is 13.2 Å². The van der Waals surface area contributed by atoms with Crippen molar-refractivity contribution < 1.29 is 14.6 Å². The first-order chi connectivity index (χ1) is 7.26. The Morgan fingerprint density at radius 3 is 2.60 bits per heavy atom. The predicted molar refractivity (Wildman–Crippen MR) is 57.6 cm³/mol. The summed E-state index contributed by atoms with van der Waals surface area (Å²) in [5.41, 5.74) is 0. The van der Waals surface area contributed by atoms with E-state index in [4.69, 9.17) is 9.84 Å². The van der Waals surface area contributed by atoms with Crippen LogP contribution in [0.1, 0.15) is 39.0 Å². The smallest absolute Gasteiger partial charge is 0.407 e. The Bertz CT molecular complexity index is 188. The van der Waals surface area contributed by atoms with Crippen LogP contribution in [0.25, 0.3) is 0 Å². The highest BCUT2D eigenvalue weighted by atomic mass is 16.6. The molecular formula is C11H21NO3. The van der Waals surface area contributed by atoms with Crippen molar-refractivity contribution in [3.05, 3.63) is 0 Å². The molecule has 0 heterocycles. The molecule has 1 saturated carbocycles. The molecule has 1 fully saturated rings. The van der Waals surface area contributed by atoms with Crippen molar-refractivity contribution in [2.24, 2.45) is 5.92 Å². The number of carbonyl (C=O) groups excluding carboxylic acids is 1. The lowest BCUT2D eigenvalue weighted by atomic mass is 9.85. The van der Waals surface area contributed by atoms with Gasteiger partial charge in [0.2, 0.25) is 0 Å². The Hall–Kier alpha value is -0.770. The molecule has 2 N–H and O–H groups in total. The van der Waals surface area contributed by atoms with Gasteiger partial charge >= 0.3 is 6.09 Å². The first-order valence-corrected chi connectivity index (χ1v) is 5.80. The molecule has 0 spiro atoms. The van der Waals surface area contributed by atoms with Crippen molar-refractivity contribution in [1.29, 1.82) is 0 Å². The zero-order valence-electron chi connectivity index (χ0n) is 9.37. The van der Waals surface area contributed by atoms with E-state index >= 15 is 0 Å². The van der Waals surface area contributed by atoms with Gasteiger partial charge in [0.05, 0.1) is 6.61 Å². The number of ether oxygens (including phenoxy) is 1. The molecule has 1 aliphatic carbocycles. The van der Waals surface area contributed by atoms with Gasteiger partial charge in [-0.3, -0.25) is 0 Å². The Balaban J connectivity index is 2.15. The van der Waals surface area contributed by atoms with Gasteiger partial charge in [0.1, 0.15) is 6.61 Å². The van der Waals surface area contributed by atoms with E-state index in [2.05, 4.69) is 12.2 Å². The third-order valence-corrected chi connectivity index (χ3v) is 3.07. The molecule has 1 amide bonds. The van der Waals surface area contributed by atoms with Gasteiger partial charge < -0.3 is 15.2 Å². The van der Waals surface area contributed by atoms with Crippen molar-refractivity contribution in [3.8, 4) is 0 Å². The summed E-state index contributed by atoms with van der Waals surface area (Å²) in [6.07, 6.45) is 5.33. The zero-order chi connectivity index (χ0) is 11.1. The molecule has 1 rings (SSSR count). The van der Waals surface area contributed by atoms with Crippen molar-refractivity contribution in [2.45, 2.75) is 45.1 Å². The Kier molecular flexibility index (Phi) is 5.47. The van der Waals surface area contributed by atoms with Crippen LogP contribution >= 0.6 is 0 Å². The quantitative estimate of drug-likeness (QED) is 0.750. The Morgan fingerprint density at radius 1 is 1.40 bits per heavy atom. The van der Waals surface area contributed by atoms with E-state index in [9.17, 15) is 4.79 Å². The van der Waals surface area contributed by atoms with Gasteiger partial charge in [-0.25, -0.2) is 4.79 Å². The number of amides is 1. The number of nitrogens with one attached hydrogen (secondary N) is 1. The number of carbonyl (C=O) groups is 1. The molecule has 0 aromatic carbocycles. The van der Waals surface area contributed by atoms with E-state index < -0.39 is 6.09 Å². The maximum absolute atomic E-state index is 11.2. The van der Waals surface area contributed by atoms with Crippen LogP contribution in [0.2, 0.25) is 0 Å². The summed E-state index contributed by atoms with van der Waals surface area (Å²) in [6, 6.07) is 0.263. The molecule has 0 saturated heterocycles. The molecule has 4 nitrogen and oxygen atoms in total. The molecule has 4 heteroatoms. The third-order valence-electron chi connectivity index (χ3n) is 3.07. The first-order valence-electron chi connectivity index (χ1n) is 5.80. The average Bonchev–Trinajstić information content (AvgIpc) is 2.27. The number of rotatable bonds is 4. The van der Waals surface area contributed by atoms with E-state index in [1.165, 1.54) is 19.3 Å². The molecule has 0 aromatic rings. The standard InChI is InChI=1S/C11H21NO3/c1-2-9-3-5-10(6-4-9)12-11(14)15-8-7-13/h9-10,13H,2-8H2,1H3,(H,12,14). The second-order valence-corrected chi connectivity index (χ2v) is 4.13. The van der Waals surface area contributed by atoms with Crippen LogP contribution in [0.15, 0.2) is 0 Å². The maximum atomic E-state index is 11.2. The maximum Gasteiger partial charge on any atom is 0.407 e. The van der Waals surface area contributed by atoms with E-state index in [1.54, 1.807) is 0 Å². The largest absolute Gasteiger partial charge is 0.447 e. The SMILES string of the molecule is CCC1CCC(NC(=O)OCCO)CC1. The molecule has 88 valence electrons. The summed E-state index contributed by atoms with van der Waals surface area (Å²) in [7, 11) is 0. The highest BCUT2D eigenvalue weighted by Crippen LogP contribution is 2.26. The van der Waals surface area contributed by atoms with Crippen LogP contribution in [0.3, 0.4) is 0 Å². The molecule has 0 bridgehead atoms. The van der Waals surface area contributed by atoms with Crippen LogP contribution in [-0.4, -0.2) is 30.5 Å².